The Morgan fingerprint density at radius 1 is 1.29 bits per heavy atom. The van der Waals surface area contributed by atoms with Gasteiger partial charge in [0.25, 0.3) is 0 Å². The predicted octanol–water partition coefficient (Wildman–Crippen LogP) is 1.16. The summed E-state index contributed by atoms with van der Waals surface area (Å²) in [6, 6.07) is 5.96. The molecule has 128 valence electrons. The number of primary amides is 1. The predicted molar refractivity (Wildman–Crippen MR) is 91.4 cm³/mol. The molecule has 2 aromatic rings. The molecule has 0 saturated carbocycles. The van der Waals surface area contributed by atoms with Crippen LogP contribution < -0.4 is 5.73 Å². The van der Waals surface area contributed by atoms with E-state index >= 15 is 0 Å². The summed E-state index contributed by atoms with van der Waals surface area (Å²) in [5.41, 5.74) is 8.26. The number of fused-ring (bicyclic) bond motifs is 1. The van der Waals surface area contributed by atoms with Gasteiger partial charge in [0.05, 0.1) is 18.6 Å². The van der Waals surface area contributed by atoms with Crippen molar-refractivity contribution >= 4 is 22.8 Å². The molecule has 1 aromatic carbocycles. The number of benzene rings is 1. The lowest BCUT2D eigenvalue weighted by Gasteiger charge is -2.22. The minimum atomic E-state index is -0.356. The maximum Gasteiger partial charge on any atom is 0.227 e. The molecule has 1 saturated heterocycles. The van der Waals surface area contributed by atoms with Crippen molar-refractivity contribution in [1.29, 1.82) is 0 Å². The van der Waals surface area contributed by atoms with Gasteiger partial charge in [-0.05, 0) is 25.6 Å². The molecule has 1 atom stereocenters. The van der Waals surface area contributed by atoms with Crippen LogP contribution in [0.1, 0.15) is 11.1 Å². The SMILES string of the molecule is Cc1ccc2c(CC(=O)N3CCN(C)CC(C(N)=O)C3)coc2c1. The molecule has 0 spiro atoms. The molecule has 6 nitrogen and oxygen atoms in total. The van der Waals surface area contributed by atoms with Crippen LogP contribution in [0.4, 0.5) is 0 Å². The first-order chi connectivity index (χ1) is 11.4. The summed E-state index contributed by atoms with van der Waals surface area (Å²) in [6.07, 6.45) is 1.92. The summed E-state index contributed by atoms with van der Waals surface area (Å²) in [4.78, 5) is 28.1. The molecule has 2 N–H and O–H groups in total. The van der Waals surface area contributed by atoms with Crippen LogP contribution >= 0.6 is 0 Å². The number of likely N-dealkylation sites (N-methyl/N-ethyl adjacent to an activating group) is 1. The van der Waals surface area contributed by atoms with Gasteiger partial charge >= 0.3 is 0 Å². The topological polar surface area (TPSA) is 79.8 Å². The highest BCUT2D eigenvalue weighted by molar-refractivity contribution is 5.88. The van der Waals surface area contributed by atoms with E-state index in [0.717, 1.165) is 28.6 Å². The molecule has 0 radical (unpaired) electrons. The Morgan fingerprint density at radius 3 is 2.83 bits per heavy atom. The second-order valence-corrected chi connectivity index (χ2v) is 6.64. The van der Waals surface area contributed by atoms with Gasteiger partial charge in [-0.15, -0.1) is 0 Å². The highest BCUT2D eigenvalue weighted by Crippen LogP contribution is 2.23. The molecule has 0 aliphatic carbocycles. The van der Waals surface area contributed by atoms with E-state index in [1.165, 1.54) is 0 Å². The molecule has 6 heteroatoms. The van der Waals surface area contributed by atoms with Crippen LogP contribution in [0.2, 0.25) is 0 Å². The van der Waals surface area contributed by atoms with Crippen LogP contribution in [0, 0.1) is 12.8 Å². The maximum absolute atomic E-state index is 12.7. The van der Waals surface area contributed by atoms with E-state index in [1.54, 1.807) is 11.2 Å². The number of aryl methyl sites for hydroxylation is 1. The van der Waals surface area contributed by atoms with E-state index in [1.807, 2.05) is 37.1 Å². The molecule has 1 aliphatic heterocycles. The normalized spacial score (nSPS) is 19.4. The Labute approximate surface area is 141 Å². The largest absolute Gasteiger partial charge is 0.464 e. The van der Waals surface area contributed by atoms with Crippen molar-refractivity contribution in [3.05, 3.63) is 35.6 Å². The number of rotatable bonds is 3. The molecule has 1 aliphatic rings. The van der Waals surface area contributed by atoms with Gasteiger partial charge in [-0.2, -0.15) is 0 Å². The van der Waals surface area contributed by atoms with Gasteiger partial charge in [0.1, 0.15) is 5.58 Å². The third-order valence-corrected chi connectivity index (χ3v) is 4.63. The Bertz CT molecular complexity index is 768. The Morgan fingerprint density at radius 2 is 2.08 bits per heavy atom. The second-order valence-electron chi connectivity index (χ2n) is 6.64. The number of carbonyl (C=O) groups excluding carboxylic acids is 2. The van der Waals surface area contributed by atoms with E-state index in [4.69, 9.17) is 10.2 Å². The molecular weight excluding hydrogens is 306 g/mol. The lowest BCUT2D eigenvalue weighted by molar-refractivity contribution is -0.131. The second kappa shape index (κ2) is 6.65. The van der Waals surface area contributed by atoms with Crippen LogP contribution in [-0.2, 0) is 16.0 Å². The zero-order valence-electron chi connectivity index (χ0n) is 14.1. The van der Waals surface area contributed by atoms with Crippen LogP contribution in [0.5, 0.6) is 0 Å². The zero-order valence-corrected chi connectivity index (χ0v) is 14.1. The summed E-state index contributed by atoms with van der Waals surface area (Å²) in [5.74, 6) is -0.684. The Hall–Kier alpha value is -2.34. The van der Waals surface area contributed by atoms with Crippen molar-refractivity contribution in [2.75, 3.05) is 33.2 Å². The van der Waals surface area contributed by atoms with E-state index in [2.05, 4.69) is 0 Å². The van der Waals surface area contributed by atoms with Gasteiger partial charge in [0.15, 0.2) is 0 Å². The van der Waals surface area contributed by atoms with Crippen LogP contribution in [0.15, 0.2) is 28.9 Å². The van der Waals surface area contributed by atoms with Crippen molar-refractivity contribution in [1.82, 2.24) is 9.80 Å². The summed E-state index contributed by atoms with van der Waals surface area (Å²) < 4.78 is 5.57. The third-order valence-electron chi connectivity index (χ3n) is 4.63. The molecule has 2 heterocycles. The maximum atomic E-state index is 12.7. The monoisotopic (exact) mass is 329 g/mol. The number of hydrogen-bond acceptors (Lipinski definition) is 4. The van der Waals surface area contributed by atoms with Gasteiger partial charge in [0, 0.05) is 37.1 Å². The van der Waals surface area contributed by atoms with E-state index in [0.29, 0.717) is 19.6 Å². The van der Waals surface area contributed by atoms with Gasteiger partial charge in [-0.1, -0.05) is 12.1 Å². The number of hydrogen-bond donors (Lipinski definition) is 1. The van der Waals surface area contributed by atoms with Crippen molar-refractivity contribution < 1.29 is 14.0 Å². The highest BCUT2D eigenvalue weighted by Gasteiger charge is 2.27. The van der Waals surface area contributed by atoms with E-state index in [-0.39, 0.29) is 24.2 Å². The number of furan rings is 1. The fraction of sp³-hybridized carbons (Fsp3) is 0.444. The quantitative estimate of drug-likeness (QED) is 0.916. The standard InChI is InChI=1S/C18H23N3O3/c1-12-3-4-15-13(11-24-16(15)7-12)8-17(22)21-6-5-20(2)9-14(10-21)18(19)23/h3-4,7,11,14H,5-6,8-10H2,1-2H3,(H2,19,23). The van der Waals surface area contributed by atoms with Crippen molar-refractivity contribution in [3.63, 3.8) is 0 Å². The molecule has 1 fully saturated rings. The highest BCUT2D eigenvalue weighted by atomic mass is 16.3. The fourth-order valence-corrected chi connectivity index (χ4v) is 3.18. The van der Waals surface area contributed by atoms with Crippen molar-refractivity contribution in [3.8, 4) is 0 Å². The van der Waals surface area contributed by atoms with Gasteiger partial charge in [-0.25, -0.2) is 0 Å². The first kappa shape index (κ1) is 16.5. The molecule has 0 bridgehead atoms. The number of carbonyl (C=O) groups is 2. The summed E-state index contributed by atoms with van der Waals surface area (Å²) >= 11 is 0. The molecule has 1 unspecified atom stereocenters. The Kier molecular flexibility index (Phi) is 4.57. The third kappa shape index (κ3) is 3.43. The summed E-state index contributed by atoms with van der Waals surface area (Å²) in [6.45, 7) is 4.32. The Balaban J connectivity index is 1.76. The van der Waals surface area contributed by atoms with Crippen molar-refractivity contribution in [2.24, 2.45) is 11.7 Å². The average Bonchev–Trinajstić information content (AvgIpc) is 2.79. The summed E-state index contributed by atoms with van der Waals surface area (Å²) in [5, 5.41) is 0.965. The molecule has 24 heavy (non-hydrogen) atoms. The minimum Gasteiger partial charge on any atom is -0.464 e. The zero-order chi connectivity index (χ0) is 17.3. The smallest absolute Gasteiger partial charge is 0.227 e. The van der Waals surface area contributed by atoms with Gasteiger partial charge in [-0.3, -0.25) is 9.59 Å². The first-order valence-electron chi connectivity index (χ1n) is 8.16. The number of amides is 2. The number of nitrogens with zero attached hydrogens (tertiary/aromatic N) is 2. The van der Waals surface area contributed by atoms with Gasteiger partial charge in [0.2, 0.25) is 11.8 Å². The first-order valence-corrected chi connectivity index (χ1v) is 8.16. The van der Waals surface area contributed by atoms with E-state index < -0.39 is 0 Å². The fourth-order valence-electron chi connectivity index (χ4n) is 3.18. The minimum absolute atomic E-state index is 0.000162. The van der Waals surface area contributed by atoms with E-state index in [9.17, 15) is 9.59 Å². The molecule has 1 aromatic heterocycles. The summed E-state index contributed by atoms with van der Waals surface area (Å²) in [7, 11) is 1.94. The van der Waals surface area contributed by atoms with Crippen LogP contribution in [0.25, 0.3) is 11.0 Å². The average molecular weight is 329 g/mol. The lowest BCUT2D eigenvalue weighted by atomic mass is 10.1. The van der Waals surface area contributed by atoms with Crippen LogP contribution in [-0.4, -0.2) is 54.8 Å². The number of nitrogens with two attached hydrogens (primary N) is 1. The van der Waals surface area contributed by atoms with Crippen LogP contribution in [0.3, 0.4) is 0 Å². The molecule has 3 rings (SSSR count). The molecule has 2 amide bonds. The van der Waals surface area contributed by atoms with Gasteiger partial charge < -0.3 is 20.0 Å². The lowest BCUT2D eigenvalue weighted by Crippen LogP contribution is -2.40. The van der Waals surface area contributed by atoms with Crippen molar-refractivity contribution in [2.45, 2.75) is 13.3 Å². The molecular formula is C18H23N3O3.